The molecule has 0 aliphatic carbocycles. The third-order valence-electron chi connectivity index (χ3n) is 2.37. The first kappa shape index (κ1) is 7.83. The fourth-order valence-corrected chi connectivity index (χ4v) is 1.71. The van der Waals surface area contributed by atoms with E-state index in [1.807, 2.05) is 0 Å². The summed E-state index contributed by atoms with van der Waals surface area (Å²) >= 11 is 0. The average Bonchev–Trinajstić information content (AvgIpc) is 2.57. The molecule has 0 bridgehead atoms. The van der Waals surface area contributed by atoms with E-state index >= 15 is 0 Å². The van der Waals surface area contributed by atoms with Crippen molar-refractivity contribution in [2.45, 2.75) is 19.1 Å². The molecule has 3 heteroatoms. The molecule has 1 aromatic rings. The molecule has 0 amide bonds. The van der Waals surface area contributed by atoms with Crippen molar-refractivity contribution in [2.75, 3.05) is 13.1 Å². The Bertz CT molecular complexity index is 230. The molecule has 0 spiro atoms. The van der Waals surface area contributed by atoms with E-state index in [1.54, 1.807) is 0 Å². The number of piperazine rings is 1. The first-order valence-corrected chi connectivity index (χ1v) is 4.47. The average molecular weight is 165 g/mol. The summed E-state index contributed by atoms with van der Waals surface area (Å²) < 4.78 is 2.21. The molecule has 3 nitrogen and oxygen atoms in total. The molecule has 2 rings (SSSR count). The highest BCUT2D eigenvalue weighted by atomic mass is 15.2. The lowest BCUT2D eigenvalue weighted by Gasteiger charge is -2.32. The standard InChI is InChI=1S/C9H15N3/c1-8-9(11-5-4-10-8)12-6-2-3-7-12/h2-3,6-11H,4-5H2,1H3/t8?,9-/m1/s1. The second-order valence-corrected chi connectivity index (χ2v) is 3.27. The summed E-state index contributed by atoms with van der Waals surface area (Å²) in [7, 11) is 0. The van der Waals surface area contributed by atoms with Gasteiger partial charge in [-0.2, -0.15) is 0 Å². The monoisotopic (exact) mass is 165 g/mol. The van der Waals surface area contributed by atoms with Gasteiger partial charge in [-0.05, 0) is 19.1 Å². The van der Waals surface area contributed by atoms with Crippen LogP contribution in [-0.4, -0.2) is 23.7 Å². The van der Waals surface area contributed by atoms with E-state index in [4.69, 9.17) is 0 Å². The lowest BCUT2D eigenvalue weighted by molar-refractivity contribution is 0.268. The summed E-state index contributed by atoms with van der Waals surface area (Å²) in [4.78, 5) is 0. The molecule has 0 aromatic carbocycles. The van der Waals surface area contributed by atoms with Gasteiger partial charge in [0.15, 0.2) is 0 Å². The Morgan fingerprint density at radius 3 is 2.50 bits per heavy atom. The lowest BCUT2D eigenvalue weighted by atomic mass is 10.2. The molecular formula is C9H15N3. The minimum atomic E-state index is 0.411. The van der Waals surface area contributed by atoms with Gasteiger partial charge in [0.2, 0.25) is 0 Å². The number of rotatable bonds is 1. The molecule has 2 heterocycles. The molecule has 12 heavy (non-hydrogen) atoms. The summed E-state index contributed by atoms with van der Waals surface area (Å²) in [5.41, 5.74) is 0. The summed E-state index contributed by atoms with van der Waals surface area (Å²) in [6, 6.07) is 4.62. The van der Waals surface area contributed by atoms with E-state index < -0.39 is 0 Å². The van der Waals surface area contributed by atoms with E-state index in [2.05, 4.69) is 46.7 Å². The van der Waals surface area contributed by atoms with Crippen molar-refractivity contribution in [1.82, 2.24) is 15.2 Å². The Hall–Kier alpha value is -0.800. The highest BCUT2D eigenvalue weighted by Crippen LogP contribution is 2.10. The topological polar surface area (TPSA) is 29.0 Å². The van der Waals surface area contributed by atoms with Gasteiger partial charge in [-0.15, -0.1) is 0 Å². The van der Waals surface area contributed by atoms with Crippen LogP contribution in [0.2, 0.25) is 0 Å². The summed E-state index contributed by atoms with van der Waals surface area (Å²) in [5.74, 6) is 0. The maximum absolute atomic E-state index is 3.47. The highest BCUT2D eigenvalue weighted by Gasteiger charge is 2.20. The maximum Gasteiger partial charge on any atom is 0.0986 e. The Kier molecular flexibility index (Phi) is 2.15. The fourth-order valence-electron chi connectivity index (χ4n) is 1.71. The Morgan fingerprint density at radius 1 is 1.17 bits per heavy atom. The van der Waals surface area contributed by atoms with Crippen molar-refractivity contribution in [3.63, 3.8) is 0 Å². The van der Waals surface area contributed by atoms with Gasteiger partial charge in [-0.1, -0.05) is 0 Å². The lowest BCUT2D eigenvalue weighted by Crippen LogP contribution is -2.51. The van der Waals surface area contributed by atoms with Crippen LogP contribution in [0.1, 0.15) is 13.1 Å². The molecule has 0 saturated carbocycles. The molecule has 1 aliphatic heterocycles. The number of hydrogen-bond acceptors (Lipinski definition) is 2. The van der Waals surface area contributed by atoms with Crippen molar-refractivity contribution in [3.05, 3.63) is 24.5 Å². The first-order valence-electron chi connectivity index (χ1n) is 4.47. The molecule has 66 valence electrons. The van der Waals surface area contributed by atoms with Crippen LogP contribution in [0.15, 0.2) is 24.5 Å². The molecule has 2 N–H and O–H groups in total. The molecule has 1 aliphatic rings. The van der Waals surface area contributed by atoms with Crippen LogP contribution in [0.3, 0.4) is 0 Å². The predicted octanol–water partition coefficient (Wildman–Crippen LogP) is 0.568. The Balaban J connectivity index is 2.11. The maximum atomic E-state index is 3.47. The van der Waals surface area contributed by atoms with Crippen molar-refractivity contribution >= 4 is 0 Å². The van der Waals surface area contributed by atoms with Gasteiger partial charge in [0.05, 0.1) is 6.17 Å². The molecule has 1 saturated heterocycles. The van der Waals surface area contributed by atoms with Gasteiger partial charge < -0.3 is 9.88 Å². The molecule has 0 radical (unpaired) electrons. The van der Waals surface area contributed by atoms with Crippen LogP contribution in [-0.2, 0) is 0 Å². The van der Waals surface area contributed by atoms with E-state index in [0.717, 1.165) is 13.1 Å². The number of nitrogens with zero attached hydrogens (tertiary/aromatic N) is 1. The molecular weight excluding hydrogens is 150 g/mol. The number of nitrogens with one attached hydrogen (secondary N) is 2. The quantitative estimate of drug-likeness (QED) is 0.637. The van der Waals surface area contributed by atoms with Crippen LogP contribution in [0.5, 0.6) is 0 Å². The predicted molar refractivity (Wildman–Crippen MR) is 48.9 cm³/mol. The van der Waals surface area contributed by atoms with Crippen LogP contribution in [0.4, 0.5) is 0 Å². The van der Waals surface area contributed by atoms with Gasteiger partial charge >= 0.3 is 0 Å². The summed E-state index contributed by atoms with van der Waals surface area (Å²) in [6.45, 7) is 4.32. The minimum Gasteiger partial charge on any atom is -0.337 e. The third-order valence-corrected chi connectivity index (χ3v) is 2.37. The zero-order valence-corrected chi connectivity index (χ0v) is 7.33. The van der Waals surface area contributed by atoms with Crippen LogP contribution < -0.4 is 10.6 Å². The van der Waals surface area contributed by atoms with Crippen molar-refractivity contribution in [1.29, 1.82) is 0 Å². The first-order chi connectivity index (χ1) is 5.88. The summed E-state index contributed by atoms with van der Waals surface area (Å²) in [6.07, 6.45) is 4.61. The number of aromatic nitrogens is 1. The molecule has 2 atom stereocenters. The largest absolute Gasteiger partial charge is 0.337 e. The molecule has 1 unspecified atom stereocenters. The van der Waals surface area contributed by atoms with E-state index in [0.29, 0.717) is 12.2 Å². The van der Waals surface area contributed by atoms with Gasteiger partial charge in [-0.3, -0.25) is 5.32 Å². The van der Waals surface area contributed by atoms with E-state index in [9.17, 15) is 0 Å². The zero-order valence-electron chi connectivity index (χ0n) is 7.33. The minimum absolute atomic E-state index is 0.411. The SMILES string of the molecule is CC1NCCN[C@@H]1n1cccc1. The van der Waals surface area contributed by atoms with Gasteiger partial charge in [-0.25, -0.2) is 0 Å². The summed E-state index contributed by atoms with van der Waals surface area (Å²) in [5, 5.41) is 6.91. The molecule has 1 aromatic heterocycles. The normalized spacial score (nSPS) is 30.4. The van der Waals surface area contributed by atoms with Crippen molar-refractivity contribution in [3.8, 4) is 0 Å². The number of hydrogen-bond donors (Lipinski definition) is 2. The van der Waals surface area contributed by atoms with Gasteiger partial charge in [0, 0.05) is 31.5 Å². The van der Waals surface area contributed by atoms with Crippen LogP contribution in [0, 0.1) is 0 Å². The Morgan fingerprint density at radius 2 is 1.83 bits per heavy atom. The Labute approximate surface area is 72.8 Å². The third kappa shape index (κ3) is 1.38. The van der Waals surface area contributed by atoms with E-state index in [-0.39, 0.29) is 0 Å². The van der Waals surface area contributed by atoms with Crippen LogP contribution in [0.25, 0.3) is 0 Å². The van der Waals surface area contributed by atoms with Crippen molar-refractivity contribution in [2.24, 2.45) is 0 Å². The second kappa shape index (κ2) is 3.29. The van der Waals surface area contributed by atoms with Gasteiger partial charge in [0.25, 0.3) is 0 Å². The highest BCUT2D eigenvalue weighted by molar-refractivity contribution is 4.95. The van der Waals surface area contributed by atoms with Gasteiger partial charge in [0.1, 0.15) is 0 Å². The smallest absolute Gasteiger partial charge is 0.0986 e. The van der Waals surface area contributed by atoms with Crippen LogP contribution >= 0.6 is 0 Å². The zero-order chi connectivity index (χ0) is 8.39. The molecule has 1 fully saturated rings. The van der Waals surface area contributed by atoms with E-state index in [1.165, 1.54) is 0 Å². The second-order valence-electron chi connectivity index (χ2n) is 3.27. The van der Waals surface area contributed by atoms with Crippen molar-refractivity contribution < 1.29 is 0 Å². The fraction of sp³-hybridized carbons (Fsp3) is 0.556.